The smallest absolute Gasteiger partial charge is 0.146 e. The van der Waals surface area contributed by atoms with Crippen molar-refractivity contribution >= 4 is 235 Å². The number of pyridine rings is 2. The highest BCUT2D eigenvalue weighted by Gasteiger charge is 2.34. The fourth-order valence-electron chi connectivity index (χ4n) is 22.4. The summed E-state index contributed by atoms with van der Waals surface area (Å²) in [6.07, 6.45) is 0.770. The van der Waals surface area contributed by atoms with E-state index >= 15 is 0 Å². The van der Waals surface area contributed by atoms with Crippen molar-refractivity contribution < 1.29 is 0 Å². The number of rotatable bonds is 8. The molecule has 0 fully saturated rings. The van der Waals surface area contributed by atoms with Gasteiger partial charge in [-0.1, -0.05) is 265 Å². The maximum atomic E-state index is 6.21. The van der Waals surface area contributed by atoms with Crippen molar-refractivity contribution in [1.82, 2.24) is 32.1 Å². The summed E-state index contributed by atoms with van der Waals surface area (Å²) in [7, 11) is 0. The molecule has 0 N–H and O–H groups in total. The van der Waals surface area contributed by atoms with Crippen LogP contribution in [0.3, 0.4) is 0 Å². The van der Waals surface area contributed by atoms with E-state index in [0.29, 0.717) is 0 Å². The zero-order chi connectivity index (χ0) is 78.8. The maximum Gasteiger partial charge on any atom is 0.146 e. The summed E-state index contributed by atoms with van der Waals surface area (Å²) < 4.78 is 12.7. The molecule has 560 valence electrons. The third-order valence-electron chi connectivity index (χ3n) is 27.7. The van der Waals surface area contributed by atoms with Crippen LogP contribution in [0.5, 0.6) is 0 Å². The van der Waals surface area contributed by atoms with Crippen LogP contribution < -0.4 is 4.90 Å². The van der Waals surface area contributed by atoms with Crippen LogP contribution in [0, 0.1) is 0 Å². The first kappa shape index (κ1) is 65.1. The van der Waals surface area contributed by atoms with Crippen LogP contribution in [-0.4, -0.2) is 32.1 Å². The van der Waals surface area contributed by atoms with Gasteiger partial charge in [0.25, 0.3) is 0 Å². The van der Waals surface area contributed by atoms with Crippen molar-refractivity contribution in [2.75, 3.05) is 4.90 Å². The zero-order valence-electron chi connectivity index (χ0n) is 66.5. The van der Waals surface area contributed by atoms with Crippen molar-refractivity contribution in [2.24, 2.45) is 0 Å². The second-order valence-electron chi connectivity index (χ2n) is 35.7. The van der Waals surface area contributed by atoms with E-state index in [1.165, 1.54) is 185 Å². The normalized spacial score (nSPS) is 13.1. The highest BCUT2D eigenvalue weighted by atomic mass is 15.2. The average Bonchev–Trinajstić information content (AvgIpc) is 1.51. The molecule has 8 nitrogen and oxygen atoms in total. The van der Waals surface area contributed by atoms with Gasteiger partial charge in [0, 0.05) is 120 Å². The van der Waals surface area contributed by atoms with Crippen molar-refractivity contribution in [3.8, 4) is 16.8 Å². The van der Waals surface area contributed by atoms with Gasteiger partial charge in [-0.05, 0) is 175 Å². The molecule has 0 atom stereocenters. The Morgan fingerprint density at radius 1 is 0.275 bits per heavy atom. The molecule has 0 aliphatic rings. The molecule has 0 bridgehead atoms. The lowest BCUT2D eigenvalue weighted by molar-refractivity contribution is 0.524. The maximum absolute atomic E-state index is 6.21. The van der Waals surface area contributed by atoms with Crippen LogP contribution in [0.15, 0.2) is 334 Å². The molecular formula is C112H72N8. The van der Waals surface area contributed by atoms with Gasteiger partial charge in [0.2, 0.25) is 0 Å². The third-order valence-corrected chi connectivity index (χ3v) is 27.7. The molecule has 0 aliphatic carbocycles. The van der Waals surface area contributed by atoms with Gasteiger partial charge >= 0.3 is 0 Å². The van der Waals surface area contributed by atoms with E-state index in [1.54, 1.807) is 0 Å². The number of hydrogen-bond acceptors (Lipinski definition) is 3. The highest BCUT2D eigenvalue weighted by molar-refractivity contribution is 6.36. The molecule has 0 aliphatic heterocycles. The van der Waals surface area contributed by atoms with Crippen molar-refractivity contribution in [2.45, 2.75) is 51.9 Å². The topological polar surface area (TPSA) is 51.6 Å². The van der Waals surface area contributed by atoms with Gasteiger partial charge < -0.3 is 18.3 Å². The minimum atomic E-state index is -0.399. The van der Waals surface area contributed by atoms with Crippen LogP contribution in [0.1, 0.15) is 51.3 Å². The molecule has 11 heterocycles. The summed E-state index contributed by atoms with van der Waals surface area (Å²) in [5.74, 6) is 0. The van der Waals surface area contributed by atoms with Gasteiger partial charge in [-0.15, -0.1) is 0 Å². The number of benzene rings is 17. The quantitative estimate of drug-likeness (QED) is 0.152. The fourth-order valence-corrected chi connectivity index (χ4v) is 22.4. The number of fused-ring (bicyclic) bond motifs is 35. The van der Waals surface area contributed by atoms with Gasteiger partial charge in [-0.3, -0.25) is 8.80 Å². The van der Waals surface area contributed by atoms with E-state index in [1.807, 2.05) is 0 Å². The Bertz CT molecular complexity index is 9360. The van der Waals surface area contributed by atoms with E-state index < -0.39 is 5.41 Å². The fraction of sp³-hybridized carbons (Fsp3) is 0.0714. The standard InChI is InChI=1S/C112H72N8/c1-111(2,3)68-55-86-81-49-45-64-26-16-22-38-76(64)102(81)118-95-60-89-87-57-69(58-90-98-74-36-20-18-28-66(74)54-96(115(70-29-9-6-10-30-70)71-31-11-7-12-32-71)108(98)120(105(87)90)110(89)114-100(95)91(56-68)106(86)118)112(4,5)61-62-43-47-77-85-53-67(46-50-92(85)116(93(77)51-62)72-33-13-8-14-34-72)84-52-65-27-17-19-35-73(65)97-82-41-23-40-79-88-59-94-99(113-109(88)119(103(79)82)107(84)97)83-42-24-39-78-80-48-44-63-25-15-21-37-75(63)101(80)117(94)104(78)83/h6-60H,61H2,1-5H3. The Kier molecular flexibility index (Phi) is 12.3. The lowest BCUT2D eigenvalue weighted by Gasteiger charge is -2.27. The van der Waals surface area contributed by atoms with Crippen LogP contribution in [0.2, 0.25) is 0 Å². The Labute approximate surface area is 686 Å². The van der Waals surface area contributed by atoms with E-state index in [-0.39, 0.29) is 5.41 Å². The molecule has 28 rings (SSSR count). The second kappa shape index (κ2) is 22.7. The first-order valence-electron chi connectivity index (χ1n) is 42.1. The molecule has 120 heavy (non-hydrogen) atoms. The van der Waals surface area contributed by atoms with Gasteiger partial charge in [0.1, 0.15) is 11.3 Å². The van der Waals surface area contributed by atoms with Gasteiger partial charge in [0.15, 0.2) is 0 Å². The zero-order valence-corrected chi connectivity index (χ0v) is 66.5. The summed E-state index contributed by atoms with van der Waals surface area (Å²) in [6.45, 7) is 12.0. The van der Waals surface area contributed by atoms with E-state index in [4.69, 9.17) is 9.97 Å². The summed E-state index contributed by atoms with van der Waals surface area (Å²) in [6, 6.07) is 126. The molecule has 0 amide bonds. The summed E-state index contributed by atoms with van der Waals surface area (Å²) in [5, 5.41) is 29.2. The molecule has 28 aromatic rings. The Hall–Kier alpha value is -15.1. The van der Waals surface area contributed by atoms with Crippen LogP contribution in [-0.2, 0) is 17.3 Å². The number of anilines is 3. The molecule has 0 spiro atoms. The minimum Gasteiger partial charge on any atom is -0.309 e. The number of aromatic nitrogens is 7. The highest BCUT2D eigenvalue weighted by Crippen LogP contribution is 2.54. The molecule has 0 radical (unpaired) electrons. The first-order valence-corrected chi connectivity index (χ1v) is 42.1. The van der Waals surface area contributed by atoms with Crippen molar-refractivity contribution in [1.29, 1.82) is 0 Å². The van der Waals surface area contributed by atoms with E-state index in [2.05, 4.69) is 395 Å². The van der Waals surface area contributed by atoms with Crippen molar-refractivity contribution in [3.63, 3.8) is 0 Å². The molecule has 0 unspecified atom stereocenters. The number of nitrogens with zero attached hydrogens (tertiary/aromatic N) is 8. The molecule has 11 aromatic heterocycles. The van der Waals surface area contributed by atoms with Gasteiger partial charge in [-0.25, -0.2) is 9.97 Å². The average molecular weight is 1530 g/mol. The molecule has 0 saturated heterocycles. The Morgan fingerprint density at radius 3 is 1.41 bits per heavy atom. The Morgan fingerprint density at radius 2 is 0.742 bits per heavy atom. The van der Waals surface area contributed by atoms with E-state index in [0.717, 1.165) is 89.9 Å². The van der Waals surface area contributed by atoms with Crippen molar-refractivity contribution in [3.05, 3.63) is 350 Å². The largest absolute Gasteiger partial charge is 0.309 e. The lowest BCUT2D eigenvalue weighted by Crippen LogP contribution is -2.20. The van der Waals surface area contributed by atoms with Crippen LogP contribution in [0.4, 0.5) is 17.1 Å². The molecule has 17 aromatic carbocycles. The monoisotopic (exact) mass is 1530 g/mol. The van der Waals surface area contributed by atoms with Crippen LogP contribution in [0.25, 0.3) is 235 Å². The second-order valence-corrected chi connectivity index (χ2v) is 35.7. The molecule has 8 heteroatoms. The SMILES string of the molecule is CC(C)(C)c1cc2c3ccc4ccccc4c3n3c4cc5c6cc(C(C)(C)Cc7ccc8c9cc(-c%10cc%11ccccc%11c%11c%12cccc%13c%14cc%15c(nc%14n(c%10%11)c%13%12)c%10cccc%11c%12ccc%13ccccc%13c%12n%15c%11%10)ccc9n(-c9ccccc9)c8c7)cc7c8c9ccccc9cc(N(c9ccccc9)c9ccccc9)c8n(c5nc4c(c1)c23)c67. The predicted octanol–water partition coefficient (Wildman–Crippen LogP) is 29.7. The minimum absolute atomic E-state index is 0.120. The first-order chi connectivity index (χ1) is 58.9. The van der Waals surface area contributed by atoms with Crippen LogP contribution >= 0.6 is 0 Å². The summed E-state index contributed by atoms with van der Waals surface area (Å²) in [5.41, 5.74) is 28.2. The van der Waals surface area contributed by atoms with E-state index in [9.17, 15) is 0 Å². The lowest BCUT2D eigenvalue weighted by atomic mass is 9.78. The predicted molar refractivity (Wildman–Crippen MR) is 507 cm³/mol. The molecular weight excluding hydrogens is 1460 g/mol. The number of hydrogen-bond donors (Lipinski definition) is 0. The third kappa shape index (κ3) is 8.34. The molecule has 0 saturated carbocycles. The summed E-state index contributed by atoms with van der Waals surface area (Å²) in [4.78, 5) is 14.6. The Balaban J connectivity index is 0.663. The summed E-state index contributed by atoms with van der Waals surface area (Å²) >= 11 is 0. The van der Waals surface area contributed by atoms with Gasteiger partial charge in [-0.2, -0.15) is 0 Å². The number of para-hydroxylation sites is 5. The van der Waals surface area contributed by atoms with Gasteiger partial charge in [0.05, 0.1) is 82.9 Å².